The second-order valence-corrected chi connectivity index (χ2v) is 4.70. The molecule has 0 fully saturated rings. The molecule has 3 aromatic rings. The van der Waals surface area contributed by atoms with Crippen LogP contribution in [0.25, 0.3) is 10.9 Å². The van der Waals surface area contributed by atoms with Gasteiger partial charge in [-0.3, -0.25) is 9.78 Å². The highest BCUT2D eigenvalue weighted by Gasteiger charge is 2.10. The van der Waals surface area contributed by atoms with Gasteiger partial charge in [0.2, 0.25) is 0 Å². The molecule has 21 heavy (non-hydrogen) atoms. The average Bonchev–Trinajstić information content (AvgIpc) is 2.53. The topological polar surface area (TPSA) is 42.0 Å². The van der Waals surface area contributed by atoms with Crippen molar-refractivity contribution < 1.29 is 9.18 Å². The maximum Gasteiger partial charge on any atom is 0.251 e. The number of hydrogen-bond donors (Lipinski definition) is 1. The van der Waals surface area contributed by atoms with E-state index >= 15 is 0 Å². The van der Waals surface area contributed by atoms with Crippen LogP contribution in [0.5, 0.6) is 0 Å². The molecule has 0 saturated carbocycles. The van der Waals surface area contributed by atoms with Crippen molar-refractivity contribution in [2.24, 2.45) is 0 Å². The molecule has 3 rings (SSSR count). The molecule has 0 bridgehead atoms. The molecule has 0 aliphatic carbocycles. The number of carbonyl (C=O) groups is 1. The third kappa shape index (κ3) is 2.89. The lowest BCUT2D eigenvalue weighted by molar-refractivity contribution is 0.0950. The van der Waals surface area contributed by atoms with Crippen molar-refractivity contribution in [2.45, 2.75) is 6.54 Å². The number of rotatable bonds is 3. The predicted octanol–water partition coefficient (Wildman–Crippen LogP) is 3.30. The van der Waals surface area contributed by atoms with Crippen LogP contribution >= 0.6 is 0 Å². The number of pyridine rings is 1. The number of carbonyl (C=O) groups excluding carboxylic acids is 1. The van der Waals surface area contributed by atoms with E-state index in [0.717, 1.165) is 5.56 Å². The Morgan fingerprint density at radius 2 is 1.90 bits per heavy atom. The summed E-state index contributed by atoms with van der Waals surface area (Å²) in [7, 11) is 0. The minimum absolute atomic E-state index is 0.275. The second-order valence-electron chi connectivity index (χ2n) is 4.70. The maximum absolute atomic E-state index is 13.9. The molecule has 0 radical (unpaired) electrons. The molecule has 104 valence electrons. The normalized spacial score (nSPS) is 10.5. The van der Waals surface area contributed by atoms with Gasteiger partial charge in [-0.05, 0) is 23.8 Å². The lowest BCUT2D eigenvalue weighted by atomic mass is 10.1. The highest BCUT2D eigenvalue weighted by Crippen LogP contribution is 2.17. The minimum Gasteiger partial charge on any atom is -0.348 e. The zero-order valence-electron chi connectivity index (χ0n) is 11.2. The van der Waals surface area contributed by atoms with Crippen molar-refractivity contribution in [1.29, 1.82) is 0 Å². The maximum atomic E-state index is 13.9. The van der Waals surface area contributed by atoms with Gasteiger partial charge in [0, 0.05) is 23.7 Å². The molecule has 0 unspecified atom stereocenters. The van der Waals surface area contributed by atoms with Gasteiger partial charge in [0.05, 0.1) is 0 Å². The Kier molecular flexibility index (Phi) is 3.60. The van der Waals surface area contributed by atoms with Crippen LogP contribution < -0.4 is 5.32 Å². The SMILES string of the molecule is O=C(NCc1ccccc1)c1cc(F)c2ncccc2c1. The van der Waals surface area contributed by atoms with E-state index in [1.165, 1.54) is 12.3 Å². The molecule has 3 nitrogen and oxygen atoms in total. The number of aromatic nitrogens is 1. The van der Waals surface area contributed by atoms with Gasteiger partial charge in [0.25, 0.3) is 5.91 Å². The molecular weight excluding hydrogens is 267 g/mol. The zero-order valence-corrected chi connectivity index (χ0v) is 11.2. The lowest BCUT2D eigenvalue weighted by Gasteiger charge is -2.07. The van der Waals surface area contributed by atoms with Crippen molar-refractivity contribution in [3.05, 3.63) is 77.7 Å². The highest BCUT2D eigenvalue weighted by atomic mass is 19.1. The average molecular weight is 280 g/mol. The number of fused-ring (bicyclic) bond motifs is 1. The smallest absolute Gasteiger partial charge is 0.251 e. The first-order valence-electron chi connectivity index (χ1n) is 6.60. The molecule has 1 aromatic heterocycles. The van der Waals surface area contributed by atoms with Gasteiger partial charge < -0.3 is 5.32 Å². The predicted molar refractivity (Wildman–Crippen MR) is 79.3 cm³/mol. The van der Waals surface area contributed by atoms with Gasteiger partial charge in [0.15, 0.2) is 0 Å². The van der Waals surface area contributed by atoms with Crippen molar-refractivity contribution in [3.63, 3.8) is 0 Å². The molecule has 0 saturated heterocycles. The Morgan fingerprint density at radius 3 is 2.71 bits per heavy atom. The first-order valence-corrected chi connectivity index (χ1v) is 6.60. The van der Waals surface area contributed by atoms with E-state index in [1.807, 2.05) is 30.3 Å². The summed E-state index contributed by atoms with van der Waals surface area (Å²) in [6, 6.07) is 15.9. The lowest BCUT2D eigenvalue weighted by Crippen LogP contribution is -2.22. The molecule has 1 N–H and O–H groups in total. The van der Waals surface area contributed by atoms with Gasteiger partial charge in [-0.1, -0.05) is 36.4 Å². The fourth-order valence-electron chi connectivity index (χ4n) is 2.16. The van der Waals surface area contributed by atoms with Crippen LogP contribution in [0.2, 0.25) is 0 Å². The summed E-state index contributed by atoms with van der Waals surface area (Å²) in [5.41, 5.74) is 1.56. The molecule has 0 atom stereocenters. The van der Waals surface area contributed by atoms with Crippen LogP contribution in [0.1, 0.15) is 15.9 Å². The van der Waals surface area contributed by atoms with Gasteiger partial charge in [-0.2, -0.15) is 0 Å². The van der Waals surface area contributed by atoms with Crippen LogP contribution in [0.15, 0.2) is 60.8 Å². The largest absolute Gasteiger partial charge is 0.348 e. The number of benzene rings is 2. The molecule has 0 aliphatic heterocycles. The van der Waals surface area contributed by atoms with Crippen molar-refractivity contribution in [2.75, 3.05) is 0 Å². The summed E-state index contributed by atoms with van der Waals surface area (Å²) in [5.74, 6) is -0.790. The molecule has 4 heteroatoms. The summed E-state index contributed by atoms with van der Waals surface area (Å²) in [4.78, 5) is 16.1. The molecule has 1 amide bonds. The number of nitrogens with zero attached hydrogens (tertiary/aromatic N) is 1. The van der Waals surface area contributed by atoms with E-state index in [1.54, 1.807) is 18.2 Å². The molecule has 1 heterocycles. The summed E-state index contributed by atoms with van der Waals surface area (Å²) in [5, 5.41) is 3.39. The van der Waals surface area contributed by atoms with Gasteiger partial charge in [-0.25, -0.2) is 4.39 Å². The van der Waals surface area contributed by atoms with Crippen LogP contribution in [-0.4, -0.2) is 10.9 Å². The van der Waals surface area contributed by atoms with Crippen LogP contribution in [0.3, 0.4) is 0 Å². The van der Waals surface area contributed by atoms with E-state index in [-0.39, 0.29) is 11.4 Å². The van der Waals surface area contributed by atoms with Crippen molar-refractivity contribution in [3.8, 4) is 0 Å². The van der Waals surface area contributed by atoms with Crippen LogP contribution in [0.4, 0.5) is 4.39 Å². The summed E-state index contributed by atoms with van der Waals surface area (Å²) in [6.45, 7) is 0.409. The Bertz CT molecular complexity index is 787. The zero-order chi connectivity index (χ0) is 14.7. The standard InChI is InChI=1S/C17H13FN2O/c18-15-10-14(9-13-7-4-8-19-16(13)15)17(21)20-11-12-5-2-1-3-6-12/h1-10H,11H2,(H,20,21). The number of amides is 1. The highest BCUT2D eigenvalue weighted by molar-refractivity contribution is 5.98. The number of halogens is 1. The summed E-state index contributed by atoms with van der Waals surface area (Å²) < 4.78 is 13.9. The Hall–Kier alpha value is -2.75. The first-order chi connectivity index (χ1) is 10.2. The fourth-order valence-corrected chi connectivity index (χ4v) is 2.16. The Morgan fingerprint density at radius 1 is 1.10 bits per heavy atom. The first kappa shape index (κ1) is 13.2. The number of hydrogen-bond acceptors (Lipinski definition) is 2. The molecule has 2 aromatic carbocycles. The fraction of sp³-hybridized carbons (Fsp3) is 0.0588. The van der Waals surface area contributed by atoms with E-state index in [9.17, 15) is 9.18 Å². The summed E-state index contributed by atoms with van der Waals surface area (Å²) >= 11 is 0. The van der Waals surface area contributed by atoms with Gasteiger partial charge in [-0.15, -0.1) is 0 Å². The minimum atomic E-state index is -0.488. The molecule has 0 aliphatic rings. The second kappa shape index (κ2) is 5.71. The van der Waals surface area contributed by atoms with E-state index in [4.69, 9.17) is 0 Å². The van der Waals surface area contributed by atoms with Crippen molar-refractivity contribution >= 4 is 16.8 Å². The third-order valence-corrected chi connectivity index (χ3v) is 3.22. The molecule has 0 spiro atoms. The van der Waals surface area contributed by atoms with Gasteiger partial charge >= 0.3 is 0 Å². The Balaban J connectivity index is 1.81. The quantitative estimate of drug-likeness (QED) is 0.799. The van der Waals surface area contributed by atoms with Gasteiger partial charge in [0.1, 0.15) is 11.3 Å². The Labute approximate surface area is 121 Å². The monoisotopic (exact) mass is 280 g/mol. The number of nitrogens with one attached hydrogen (secondary N) is 1. The third-order valence-electron chi connectivity index (χ3n) is 3.22. The van der Waals surface area contributed by atoms with E-state index < -0.39 is 5.82 Å². The summed E-state index contributed by atoms with van der Waals surface area (Å²) in [6.07, 6.45) is 1.53. The van der Waals surface area contributed by atoms with Crippen molar-refractivity contribution in [1.82, 2.24) is 10.3 Å². The molecular formula is C17H13FN2O. The van der Waals surface area contributed by atoms with Crippen LogP contribution in [0, 0.1) is 5.82 Å². The van der Waals surface area contributed by atoms with Crippen LogP contribution in [-0.2, 0) is 6.54 Å². The van der Waals surface area contributed by atoms with E-state index in [0.29, 0.717) is 17.5 Å². The van der Waals surface area contributed by atoms with E-state index in [2.05, 4.69) is 10.3 Å².